The summed E-state index contributed by atoms with van der Waals surface area (Å²) >= 11 is 11.3. The number of H-pyrrole nitrogens is 1. The van der Waals surface area contributed by atoms with Gasteiger partial charge in [0.05, 0.1) is 13.2 Å². The minimum absolute atomic E-state index is 0.345. The molecule has 2 heterocycles. The third kappa shape index (κ3) is 2.75. The molecular formula is C14H12ClFN2OS. The first kappa shape index (κ1) is 13.7. The van der Waals surface area contributed by atoms with Crippen LogP contribution in [0.1, 0.15) is 22.6 Å². The van der Waals surface area contributed by atoms with Crippen LogP contribution < -0.4 is 0 Å². The van der Waals surface area contributed by atoms with Crippen LogP contribution in [0, 0.1) is 10.5 Å². The van der Waals surface area contributed by atoms with Gasteiger partial charge in [-0.2, -0.15) is 0 Å². The van der Waals surface area contributed by atoms with Crippen LogP contribution in [0.5, 0.6) is 0 Å². The Morgan fingerprint density at radius 1 is 1.45 bits per heavy atom. The van der Waals surface area contributed by atoms with E-state index in [1.54, 1.807) is 6.07 Å². The van der Waals surface area contributed by atoms with E-state index in [0.717, 1.165) is 29.1 Å². The standard InChI is InChI=1S/C14H12ClFN2OS/c15-11-6-9(16)2-1-8(11)5-13-17-12-3-4-19-7-10(12)14(20)18-13/h1-2,6H,3-5,7H2,(H,17,18,20). The van der Waals surface area contributed by atoms with Crippen molar-refractivity contribution in [3.05, 3.63) is 56.3 Å². The zero-order valence-corrected chi connectivity index (χ0v) is 12.2. The second-order valence-electron chi connectivity index (χ2n) is 4.66. The second-order valence-corrected chi connectivity index (χ2v) is 5.45. The molecule has 0 spiro atoms. The van der Waals surface area contributed by atoms with E-state index in [-0.39, 0.29) is 5.82 Å². The summed E-state index contributed by atoms with van der Waals surface area (Å²) < 4.78 is 19.0. The maximum atomic E-state index is 13.0. The summed E-state index contributed by atoms with van der Waals surface area (Å²) in [6, 6.07) is 4.36. The number of nitrogens with one attached hydrogen (secondary N) is 1. The van der Waals surface area contributed by atoms with E-state index in [4.69, 9.17) is 28.6 Å². The summed E-state index contributed by atoms with van der Waals surface area (Å²) in [7, 11) is 0. The topological polar surface area (TPSA) is 37.9 Å². The number of aromatic nitrogens is 2. The van der Waals surface area contributed by atoms with Gasteiger partial charge < -0.3 is 9.72 Å². The molecule has 3 nitrogen and oxygen atoms in total. The predicted octanol–water partition coefficient (Wildman–Crippen LogP) is 3.60. The zero-order chi connectivity index (χ0) is 14.1. The molecule has 0 radical (unpaired) electrons. The third-order valence-electron chi connectivity index (χ3n) is 3.27. The molecule has 1 aromatic heterocycles. The lowest BCUT2D eigenvalue weighted by atomic mass is 10.1. The lowest BCUT2D eigenvalue weighted by molar-refractivity contribution is 0.108. The Morgan fingerprint density at radius 2 is 2.30 bits per heavy atom. The minimum Gasteiger partial charge on any atom is -0.376 e. The Hall–Kier alpha value is -1.30. The molecule has 0 saturated carbocycles. The van der Waals surface area contributed by atoms with Crippen LogP contribution in [-0.2, 0) is 24.2 Å². The SMILES string of the molecule is Fc1ccc(Cc2nc(=S)c3c([nH]2)CCOC3)c(Cl)c1. The molecule has 0 unspecified atom stereocenters. The number of rotatable bonds is 2. The average Bonchev–Trinajstić information content (AvgIpc) is 2.42. The Labute approximate surface area is 125 Å². The number of aromatic amines is 1. The van der Waals surface area contributed by atoms with Gasteiger partial charge in [-0.15, -0.1) is 0 Å². The molecule has 1 aromatic carbocycles. The highest BCUT2D eigenvalue weighted by atomic mass is 35.5. The summed E-state index contributed by atoms with van der Waals surface area (Å²) in [4.78, 5) is 7.66. The highest BCUT2D eigenvalue weighted by molar-refractivity contribution is 7.71. The maximum Gasteiger partial charge on any atom is 0.135 e. The van der Waals surface area contributed by atoms with Gasteiger partial charge in [-0.3, -0.25) is 0 Å². The molecule has 1 aliphatic heterocycles. The van der Waals surface area contributed by atoms with E-state index >= 15 is 0 Å². The van der Waals surface area contributed by atoms with Gasteiger partial charge in [0.1, 0.15) is 16.3 Å². The van der Waals surface area contributed by atoms with Crippen molar-refractivity contribution in [1.82, 2.24) is 9.97 Å². The van der Waals surface area contributed by atoms with Crippen molar-refractivity contribution in [2.45, 2.75) is 19.4 Å². The summed E-state index contributed by atoms with van der Waals surface area (Å²) in [6.07, 6.45) is 1.29. The molecule has 0 atom stereocenters. The van der Waals surface area contributed by atoms with E-state index in [1.165, 1.54) is 12.1 Å². The second kappa shape index (κ2) is 5.60. The largest absolute Gasteiger partial charge is 0.376 e. The molecule has 1 aliphatic rings. The van der Waals surface area contributed by atoms with Crippen molar-refractivity contribution in [3.8, 4) is 0 Å². The molecule has 20 heavy (non-hydrogen) atoms. The maximum absolute atomic E-state index is 13.0. The number of hydrogen-bond acceptors (Lipinski definition) is 3. The highest BCUT2D eigenvalue weighted by Gasteiger charge is 2.14. The fourth-order valence-corrected chi connectivity index (χ4v) is 2.76. The molecule has 6 heteroatoms. The van der Waals surface area contributed by atoms with E-state index in [2.05, 4.69) is 9.97 Å². The van der Waals surface area contributed by atoms with E-state index in [9.17, 15) is 4.39 Å². The Bertz CT molecular complexity index is 717. The van der Waals surface area contributed by atoms with Crippen LogP contribution in [0.25, 0.3) is 0 Å². The van der Waals surface area contributed by atoms with Crippen molar-refractivity contribution in [2.24, 2.45) is 0 Å². The monoisotopic (exact) mass is 310 g/mol. The predicted molar refractivity (Wildman–Crippen MR) is 77.0 cm³/mol. The van der Waals surface area contributed by atoms with Crippen molar-refractivity contribution in [3.63, 3.8) is 0 Å². The van der Waals surface area contributed by atoms with Crippen molar-refractivity contribution < 1.29 is 9.13 Å². The molecule has 0 fully saturated rings. The van der Waals surface area contributed by atoms with Gasteiger partial charge >= 0.3 is 0 Å². The van der Waals surface area contributed by atoms with Gasteiger partial charge in [0.25, 0.3) is 0 Å². The van der Waals surface area contributed by atoms with Crippen molar-refractivity contribution in [1.29, 1.82) is 0 Å². The molecule has 104 valence electrons. The van der Waals surface area contributed by atoms with Gasteiger partial charge in [-0.05, 0) is 17.7 Å². The van der Waals surface area contributed by atoms with E-state index in [1.807, 2.05) is 0 Å². The third-order valence-corrected chi connectivity index (χ3v) is 3.96. The zero-order valence-electron chi connectivity index (χ0n) is 10.6. The first-order chi connectivity index (χ1) is 9.63. The first-order valence-electron chi connectivity index (χ1n) is 6.26. The van der Waals surface area contributed by atoms with Crippen LogP contribution >= 0.6 is 23.8 Å². The molecule has 1 N–H and O–H groups in total. The molecule has 0 amide bonds. The van der Waals surface area contributed by atoms with Crippen LogP contribution in [0.4, 0.5) is 4.39 Å². The molecule has 3 rings (SSSR count). The number of ether oxygens (including phenoxy) is 1. The van der Waals surface area contributed by atoms with Gasteiger partial charge in [0.15, 0.2) is 0 Å². The quantitative estimate of drug-likeness (QED) is 0.861. The molecule has 0 aliphatic carbocycles. The van der Waals surface area contributed by atoms with Crippen LogP contribution in [-0.4, -0.2) is 16.6 Å². The van der Waals surface area contributed by atoms with E-state index in [0.29, 0.717) is 29.3 Å². The summed E-state index contributed by atoms with van der Waals surface area (Å²) in [5.74, 6) is 0.395. The number of hydrogen-bond donors (Lipinski definition) is 1. The normalized spacial score (nSPS) is 14.1. The van der Waals surface area contributed by atoms with Crippen LogP contribution in [0.3, 0.4) is 0 Å². The Balaban J connectivity index is 1.95. The summed E-state index contributed by atoms with van der Waals surface area (Å²) in [6.45, 7) is 1.19. The van der Waals surface area contributed by atoms with Gasteiger partial charge in [-0.25, -0.2) is 9.37 Å². The van der Waals surface area contributed by atoms with Gasteiger partial charge in [0.2, 0.25) is 0 Å². The average molecular weight is 311 g/mol. The Kier molecular flexibility index (Phi) is 3.83. The fourth-order valence-electron chi connectivity index (χ4n) is 2.24. The van der Waals surface area contributed by atoms with Crippen molar-refractivity contribution >= 4 is 23.8 Å². The Morgan fingerprint density at radius 3 is 3.10 bits per heavy atom. The molecule has 0 bridgehead atoms. The molecule has 0 saturated heterocycles. The van der Waals surface area contributed by atoms with Crippen molar-refractivity contribution in [2.75, 3.05) is 6.61 Å². The molecular weight excluding hydrogens is 299 g/mol. The molecule has 2 aromatic rings. The minimum atomic E-state index is -0.345. The highest BCUT2D eigenvalue weighted by Crippen LogP contribution is 2.21. The van der Waals surface area contributed by atoms with Crippen LogP contribution in [0.2, 0.25) is 5.02 Å². The first-order valence-corrected chi connectivity index (χ1v) is 7.05. The smallest absolute Gasteiger partial charge is 0.135 e. The lowest BCUT2D eigenvalue weighted by Gasteiger charge is -2.17. The van der Waals surface area contributed by atoms with Crippen LogP contribution in [0.15, 0.2) is 18.2 Å². The number of halogens is 2. The summed E-state index contributed by atoms with van der Waals surface area (Å²) in [5, 5.41) is 0.396. The van der Waals surface area contributed by atoms with Gasteiger partial charge in [0, 0.05) is 29.1 Å². The van der Waals surface area contributed by atoms with Gasteiger partial charge in [-0.1, -0.05) is 29.9 Å². The fraction of sp³-hybridized carbons (Fsp3) is 0.286. The number of benzene rings is 1. The number of fused-ring (bicyclic) bond motifs is 1. The lowest BCUT2D eigenvalue weighted by Crippen LogP contribution is -2.15. The summed E-state index contributed by atoms with van der Waals surface area (Å²) in [5.41, 5.74) is 2.85. The van der Waals surface area contributed by atoms with E-state index < -0.39 is 0 Å². The number of nitrogens with zero attached hydrogens (tertiary/aromatic N) is 1.